The van der Waals surface area contributed by atoms with Crippen molar-refractivity contribution < 1.29 is 12.4 Å². The van der Waals surface area contributed by atoms with Crippen LogP contribution in [0.3, 0.4) is 0 Å². The highest BCUT2D eigenvalue weighted by molar-refractivity contribution is 7.89. The van der Waals surface area contributed by atoms with Crippen LogP contribution in [0.5, 0.6) is 0 Å². The fourth-order valence-electron chi connectivity index (χ4n) is 3.82. The smallest absolute Gasteiger partial charge is 0.0991 e. The van der Waals surface area contributed by atoms with Crippen molar-refractivity contribution in [3.05, 3.63) is 60.7 Å². The summed E-state index contributed by atoms with van der Waals surface area (Å²) in [5.74, 6) is 0. The minimum Gasteiger partial charge on any atom is -1.00 e. The van der Waals surface area contributed by atoms with Crippen LogP contribution in [0.25, 0.3) is 0 Å². The average Bonchev–Trinajstić information content (AvgIpc) is 2.68. The number of benzene rings is 2. The third kappa shape index (κ3) is 6.71. The van der Waals surface area contributed by atoms with Gasteiger partial charge in [-0.05, 0) is 49.9 Å². The predicted molar refractivity (Wildman–Crippen MR) is 117 cm³/mol. The van der Waals surface area contributed by atoms with E-state index < -0.39 is 7.26 Å². The molecule has 0 unspecified atom stereocenters. The summed E-state index contributed by atoms with van der Waals surface area (Å²) in [6.45, 7) is 4.61. The van der Waals surface area contributed by atoms with Crippen LogP contribution in [0.4, 0.5) is 0 Å². The van der Waals surface area contributed by atoms with Crippen molar-refractivity contribution in [3.63, 3.8) is 0 Å². The molecule has 0 fully saturated rings. The van der Waals surface area contributed by atoms with E-state index in [1.54, 1.807) is 10.6 Å². The molecule has 0 radical (unpaired) electrons. The largest absolute Gasteiger partial charge is 1.00 e. The van der Waals surface area contributed by atoms with Crippen LogP contribution < -0.4 is 23.0 Å². The van der Waals surface area contributed by atoms with Gasteiger partial charge < -0.3 is 12.4 Å². The molecule has 144 valence electrons. The zero-order valence-electron chi connectivity index (χ0n) is 16.7. The molecule has 0 aliphatic carbocycles. The molecular formula is C24H36ClP. The minimum atomic E-state index is -1.28. The standard InChI is InChI=1S/C24H36P.ClH/c1-3-5-7-15-21-25(22-16-8-6-4-2,23-17-11-9-12-18-23)24-19-13-10-14-20-24;/h9-14,17-20H,3-8,15-16,21-22H2,1-2H3;1H/q+1;/p-1. The summed E-state index contributed by atoms with van der Waals surface area (Å²) in [7, 11) is -1.28. The highest BCUT2D eigenvalue weighted by Gasteiger charge is 2.41. The molecule has 0 heterocycles. The molecule has 2 aromatic carbocycles. The van der Waals surface area contributed by atoms with Crippen molar-refractivity contribution in [2.24, 2.45) is 0 Å². The fraction of sp³-hybridized carbons (Fsp3) is 0.500. The van der Waals surface area contributed by atoms with Crippen molar-refractivity contribution in [2.45, 2.75) is 65.2 Å². The van der Waals surface area contributed by atoms with Crippen LogP contribution in [-0.4, -0.2) is 12.3 Å². The van der Waals surface area contributed by atoms with Crippen LogP contribution >= 0.6 is 7.26 Å². The van der Waals surface area contributed by atoms with Gasteiger partial charge in [0.05, 0.1) is 30.2 Å². The first-order valence-electron chi connectivity index (χ1n) is 10.3. The monoisotopic (exact) mass is 390 g/mol. The van der Waals surface area contributed by atoms with Crippen LogP contribution in [0.15, 0.2) is 60.7 Å². The van der Waals surface area contributed by atoms with E-state index in [0.29, 0.717) is 0 Å². The summed E-state index contributed by atoms with van der Waals surface area (Å²) in [5.41, 5.74) is 0. The summed E-state index contributed by atoms with van der Waals surface area (Å²) in [6, 6.07) is 22.9. The lowest BCUT2D eigenvalue weighted by Crippen LogP contribution is -3.00. The summed E-state index contributed by atoms with van der Waals surface area (Å²) in [5, 5.41) is 3.24. The molecule has 0 bridgehead atoms. The summed E-state index contributed by atoms with van der Waals surface area (Å²) >= 11 is 0. The molecule has 26 heavy (non-hydrogen) atoms. The summed E-state index contributed by atoms with van der Waals surface area (Å²) in [4.78, 5) is 0. The Morgan fingerprint density at radius 1 is 0.538 bits per heavy atom. The van der Waals surface area contributed by atoms with Crippen molar-refractivity contribution in [1.82, 2.24) is 0 Å². The lowest BCUT2D eigenvalue weighted by molar-refractivity contribution is -0.00000525. The number of unbranched alkanes of at least 4 members (excludes halogenated alkanes) is 6. The zero-order valence-corrected chi connectivity index (χ0v) is 18.3. The van der Waals surface area contributed by atoms with Gasteiger partial charge in [0.25, 0.3) is 0 Å². The lowest BCUT2D eigenvalue weighted by Gasteiger charge is -2.28. The van der Waals surface area contributed by atoms with Crippen LogP contribution in [0, 0.1) is 0 Å². The Balaban J connectivity index is 0.00000338. The van der Waals surface area contributed by atoms with E-state index in [1.807, 2.05) is 0 Å². The normalized spacial score (nSPS) is 11.2. The minimum absolute atomic E-state index is 0. The first-order valence-corrected chi connectivity index (χ1v) is 12.5. The first kappa shape index (κ1) is 23.2. The second-order valence-corrected chi connectivity index (χ2v) is 11.1. The van der Waals surface area contributed by atoms with E-state index in [2.05, 4.69) is 74.5 Å². The maximum absolute atomic E-state index is 2.40. The van der Waals surface area contributed by atoms with Gasteiger partial charge in [0.2, 0.25) is 0 Å². The second-order valence-electron chi connectivity index (χ2n) is 7.21. The maximum Gasteiger partial charge on any atom is 0.0991 e. The van der Waals surface area contributed by atoms with Crippen molar-refractivity contribution in [3.8, 4) is 0 Å². The number of halogens is 1. The van der Waals surface area contributed by atoms with E-state index in [-0.39, 0.29) is 12.4 Å². The molecule has 0 N–H and O–H groups in total. The quantitative estimate of drug-likeness (QED) is 0.382. The van der Waals surface area contributed by atoms with E-state index in [4.69, 9.17) is 0 Å². The van der Waals surface area contributed by atoms with E-state index in [0.717, 1.165) is 0 Å². The maximum atomic E-state index is 2.40. The molecule has 0 saturated carbocycles. The highest BCUT2D eigenvalue weighted by Crippen LogP contribution is 2.57. The van der Waals surface area contributed by atoms with Gasteiger partial charge in [0.15, 0.2) is 0 Å². The average molecular weight is 391 g/mol. The zero-order chi connectivity index (χ0) is 17.8. The molecular weight excluding hydrogens is 355 g/mol. The molecule has 0 aliphatic heterocycles. The van der Waals surface area contributed by atoms with Crippen molar-refractivity contribution >= 4 is 17.9 Å². The van der Waals surface area contributed by atoms with Gasteiger partial charge in [-0.3, -0.25) is 0 Å². The third-order valence-corrected chi connectivity index (χ3v) is 10.0. The van der Waals surface area contributed by atoms with E-state index >= 15 is 0 Å². The number of hydrogen-bond acceptors (Lipinski definition) is 0. The van der Waals surface area contributed by atoms with Gasteiger partial charge in [-0.2, -0.15) is 0 Å². The molecule has 2 heteroatoms. The molecule has 0 atom stereocenters. The first-order chi connectivity index (χ1) is 12.3. The topological polar surface area (TPSA) is 0 Å². The van der Waals surface area contributed by atoms with Crippen LogP contribution in [-0.2, 0) is 0 Å². The molecule has 0 amide bonds. The Bertz CT molecular complexity index is 514. The Morgan fingerprint density at radius 3 is 1.27 bits per heavy atom. The summed E-state index contributed by atoms with van der Waals surface area (Å²) in [6.07, 6.45) is 13.7. The molecule has 0 aromatic heterocycles. The van der Waals surface area contributed by atoms with Gasteiger partial charge in [-0.25, -0.2) is 0 Å². The molecule has 0 aliphatic rings. The predicted octanol–water partition coefficient (Wildman–Crippen LogP) is 3.82. The molecule has 0 spiro atoms. The Labute approximate surface area is 168 Å². The molecule has 2 aromatic rings. The SMILES string of the molecule is CCCCCC[P+](CCCCCC)(c1ccccc1)c1ccccc1.[Cl-]. The molecule has 0 nitrogen and oxygen atoms in total. The van der Waals surface area contributed by atoms with E-state index in [1.165, 1.54) is 63.7 Å². The highest BCUT2D eigenvalue weighted by atomic mass is 35.5. The van der Waals surface area contributed by atoms with E-state index in [9.17, 15) is 0 Å². The Kier molecular flexibility index (Phi) is 11.9. The van der Waals surface area contributed by atoms with Gasteiger partial charge in [-0.15, -0.1) is 0 Å². The van der Waals surface area contributed by atoms with Gasteiger partial charge in [0.1, 0.15) is 0 Å². The Morgan fingerprint density at radius 2 is 0.923 bits per heavy atom. The number of hydrogen-bond donors (Lipinski definition) is 0. The number of rotatable bonds is 12. The van der Waals surface area contributed by atoms with Crippen LogP contribution in [0.1, 0.15) is 65.2 Å². The summed E-state index contributed by atoms with van der Waals surface area (Å²) < 4.78 is 0. The van der Waals surface area contributed by atoms with Gasteiger partial charge in [-0.1, -0.05) is 75.9 Å². The van der Waals surface area contributed by atoms with Gasteiger partial charge in [0, 0.05) is 0 Å². The molecule has 2 rings (SSSR count). The van der Waals surface area contributed by atoms with Crippen molar-refractivity contribution in [1.29, 1.82) is 0 Å². The lowest BCUT2D eigenvalue weighted by atomic mass is 10.2. The van der Waals surface area contributed by atoms with Crippen LogP contribution in [0.2, 0.25) is 0 Å². The fourth-order valence-corrected chi connectivity index (χ4v) is 8.39. The second kappa shape index (κ2) is 13.3. The Hall–Kier alpha value is -0.840. The van der Waals surface area contributed by atoms with Gasteiger partial charge >= 0.3 is 0 Å². The third-order valence-electron chi connectivity index (χ3n) is 5.29. The molecule has 0 saturated heterocycles. The van der Waals surface area contributed by atoms with Crippen molar-refractivity contribution in [2.75, 3.05) is 12.3 Å².